The third-order valence-corrected chi connectivity index (χ3v) is 2.47. The lowest BCUT2D eigenvalue weighted by atomic mass is 10.1. The quantitative estimate of drug-likeness (QED) is 0.813. The molecule has 1 heterocycles. The maximum absolute atomic E-state index is 11.3. The fourth-order valence-corrected chi connectivity index (χ4v) is 1.37. The highest BCUT2D eigenvalue weighted by Crippen LogP contribution is 2.09. The summed E-state index contributed by atoms with van der Waals surface area (Å²) in [5, 5.41) is 3.30. The lowest BCUT2D eigenvalue weighted by Crippen LogP contribution is -2.28. The van der Waals surface area contributed by atoms with Crippen molar-refractivity contribution in [1.82, 2.24) is 15.2 Å². The van der Waals surface area contributed by atoms with Crippen molar-refractivity contribution in [3.05, 3.63) is 30.1 Å². The van der Waals surface area contributed by atoms with Gasteiger partial charge in [0.15, 0.2) is 0 Å². The van der Waals surface area contributed by atoms with E-state index < -0.39 is 0 Å². The van der Waals surface area contributed by atoms with Gasteiger partial charge < -0.3 is 10.2 Å². The number of nitrogens with one attached hydrogen (secondary N) is 1. The number of nitrogens with zero attached hydrogens (tertiary/aromatic N) is 2. The Bertz CT molecular complexity index is 324. The highest BCUT2D eigenvalue weighted by atomic mass is 16.2. The highest BCUT2D eigenvalue weighted by Gasteiger charge is 2.06. The van der Waals surface area contributed by atoms with E-state index >= 15 is 0 Å². The van der Waals surface area contributed by atoms with Crippen molar-refractivity contribution in [3.8, 4) is 0 Å². The van der Waals surface area contributed by atoms with Gasteiger partial charge in [0.2, 0.25) is 5.91 Å². The zero-order chi connectivity index (χ0) is 12.0. The lowest BCUT2D eigenvalue weighted by molar-refractivity contribution is -0.128. The average molecular weight is 221 g/mol. The number of carbonyl (C=O) groups is 1. The van der Waals surface area contributed by atoms with E-state index in [2.05, 4.69) is 17.2 Å². The summed E-state index contributed by atoms with van der Waals surface area (Å²) in [7, 11) is 3.54. The van der Waals surface area contributed by atoms with E-state index in [1.54, 1.807) is 25.2 Å². The summed E-state index contributed by atoms with van der Waals surface area (Å²) in [5.41, 5.74) is 1.14. The molecule has 0 saturated heterocycles. The van der Waals surface area contributed by atoms with Crippen LogP contribution < -0.4 is 5.32 Å². The van der Waals surface area contributed by atoms with Gasteiger partial charge in [-0.1, -0.05) is 6.07 Å². The van der Waals surface area contributed by atoms with E-state index in [1.807, 2.05) is 18.3 Å². The SMILES string of the molecule is C[C@@H](NCCC(=O)N(C)C)c1cccnc1. The van der Waals surface area contributed by atoms with Gasteiger partial charge in [-0.15, -0.1) is 0 Å². The Hall–Kier alpha value is -1.42. The number of pyridine rings is 1. The van der Waals surface area contributed by atoms with Crippen LogP contribution in [0.3, 0.4) is 0 Å². The Morgan fingerprint density at radius 1 is 1.56 bits per heavy atom. The smallest absolute Gasteiger partial charge is 0.223 e. The van der Waals surface area contributed by atoms with Crippen molar-refractivity contribution in [2.45, 2.75) is 19.4 Å². The molecule has 1 amide bonds. The molecule has 16 heavy (non-hydrogen) atoms. The summed E-state index contributed by atoms with van der Waals surface area (Å²) in [5.74, 6) is 0.144. The largest absolute Gasteiger partial charge is 0.349 e. The molecule has 1 aromatic heterocycles. The van der Waals surface area contributed by atoms with Crippen molar-refractivity contribution in [2.75, 3.05) is 20.6 Å². The van der Waals surface area contributed by atoms with E-state index in [4.69, 9.17) is 0 Å². The minimum absolute atomic E-state index is 0.144. The maximum Gasteiger partial charge on any atom is 0.223 e. The van der Waals surface area contributed by atoms with Gasteiger partial charge in [-0.3, -0.25) is 9.78 Å². The second-order valence-corrected chi connectivity index (χ2v) is 4.00. The molecule has 1 atom stereocenters. The normalized spacial score (nSPS) is 12.2. The molecule has 0 radical (unpaired) electrons. The highest BCUT2D eigenvalue weighted by molar-refractivity contribution is 5.75. The molecule has 4 nitrogen and oxygen atoms in total. The van der Waals surface area contributed by atoms with E-state index in [0.29, 0.717) is 13.0 Å². The molecule has 0 saturated carbocycles. The first kappa shape index (κ1) is 12.6. The van der Waals surface area contributed by atoms with Crippen LogP contribution in [0.15, 0.2) is 24.5 Å². The third-order valence-electron chi connectivity index (χ3n) is 2.47. The van der Waals surface area contributed by atoms with Crippen LogP contribution in [-0.2, 0) is 4.79 Å². The average Bonchev–Trinajstić information content (AvgIpc) is 2.29. The zero-order valence-electron chi connectivity index (χ0n) is 10.1. The van der Waals surface area contributed by atoms with E-state index in [1.165, 1.54) is 0 Å². The summed E-state index contributed by atoms with van der Waals surface area (Å²) < 4.78 is 0. The summed E-state index contributed by atoms with van der Waals surface area (Å²) in [6.07, 6.45) is 4.12. The van der Waals surface area contributed by atoms with Crippen molar-refractivity contribution < 1.29 is 4.79 Å². The van der Waals surface area contributed by atoms with Crippen LogP contribution in [0.5, 0.6) is 0 Å². The molecule has 1 aromatic rings. The first-order chi connectivity index (χ1) is 7.61. The standard InChI is InChI=1S/C12H19N3O/c1-10(11-5-4-7-13-9-11)14-8-6-12(16)15(2)3/h4-5,7,9-10,14H,6,8H2,1-3H3/t10-/m1/s1. The molecule has 0 aliphatic carbocycles. The number of rotatable bonds is 5. The summed E-state index contributed by atoms with van der Waals surface area (Å²) in [6.45, 7) is 2.75. The molecule has 4 heteroatoms. The molecule has 0 unspecified atom stereocenters. The van der Waals surface area contributed by atoms with Gasteiger partial charge in [-0.05, 0) is 18.6 Å². The topological polar surface area (TPSA) is 45.2 Å². The number of hydrogen-bond donors (Lipinski definition) is 1. The Balaban J connectivity index is 2.31. The fourth-order valence-electron chi connectivity index (χ4n) is 1.37. The molecule has 0 fully saturated rings. The first-order valence-corrected chi connectivity index (χ1v) is 5.44. The number of amides is 1. The Labute approximate surface area is 96.7 Å². The van der Waals surface area contributed by atoms with Gasteiger partial charge in [0.1, 0.15) is 0 Å². The Morgan fingerprint density at radius 2 is 2.31 bits per heavy atom. The van der Waals surface area contributed by atoms with Crippen LogP contribution in [0.2, 0.25) is 0 Å². The maximum atomic E-state index is 11.3. The van der Waals surface area contributed by atoms with Gasteiger partial charge in [0, 0.05) is 45.5 Å². The predicted octanol–water partition coefficient (Wildman–Crippen LogP) is 1.21. The second kappa shape index (κ2) is 6.23. The molecule has 0 bridgehead atoms. The monoisotopic (exact) mass is 221 g/mol. The van der Waals surface area contributed by atoms with Crippen LogP contribution in [0.1, 0.15) is 24.9 Å². The van der Waals surface area contributed by atoms with Crippen molar-refractivity contribution in [1.29, 1.82) is 0 Å². The Kier molecular flexibility index (Phi) is 4.92. The summed E-state index contributed by atoms with van der Waals surface area (Å²) in [6, 6.07) is 4.17. The fraction of sp³-hybridized carbons (Fsp3) is 0.500. The first-order valence-electron chi connectivity index (χ1n) is 5.44. The minimum atomic E-state index is 0.144. The third kappa shape index (κ3) is 3.98. The molecule has 0 aliphatic rings. The van der Waals surface area contributed by atoms with E-state index in [9.17, 15) is 4.79 Å². The molecule has 0 aliphatic heterocycles. The van der Waals surface area contributed by atoms with Crippen LogP contribution in [0.4, 0.5) is 0 Å². The number of hydrogen-bond acceptors (Lipinski definition) is 3. The Morgan fingerprint density at radius 3 is 2.88 bits per heavy atom. The van der Waals surface area contributed by atoms with Crippen molar-refractivity contribution in [3.63, 3.8) is 0 Å². The molecule has 1 rings (SSSR count). The number of aromatic nitrogens is 1. The molecule has 88 valence electrons. The van der Waals surface area contributed by atoms with Gasteiger partial charge in [0.05, 0.1) is 0 Å². The van der Waals surface area contributed by atoms with Crippen LogP contribution in [-0.4, -0.2) is 36.4 Å². The molecular weight excluding hydrogens is 202 g/mol. The van der Waals surface area contributed by atoms with Crippen LogP contribution >= 0.6 is 0 Å². The van der Waals surface area contributed by atoms with Crippen molar-refractivity contribution in [2.24, 2.45) is 0 Å². The van der Waals surface area contributed by atoms with Gasteiger partial charge >= 0.3 is 0 Å². The summed E-state index contributed by atoms with van der Waals surface area (Å²) in [4.78, 5) is 17.0. The lowest BCUT2D eigenvalue weighted by Gasteiger charge is -2.15. The second-order valence-electron chi connectivity index (χ2n) is 4.00. The van der Waals surface area contributed by atoms with E-state index in [0.717, 1.165) is 5.56 Å². The van der Waals surface area contributed by atoms with Gasteiger partial charge in [0.25, 0.3) is 0 Å². The van der Waals surface area contributed by atoms with Gasteiger partial charge in [-0.25, -0.2) is 0 Å². The van der Waals surface area contributed by atoms with Crippen LogP contribution in [0.25, 0.3) is 0 Å². The zero-order valence-corrected chi connectivity index (χ0v) is 10.1. The molecule has 1 N–H and O–H groups in total. The predicted molar refractivity (Wildman–Crippen MR) is 64.0 cm³/mol. The van der Waals surface area contributed by atoms with Crippen molar-refractivity contribution >= 4 is 5.91 Å². The number of carbonyl (C=O) groups excluding carboxylic acids is 1. The minimum Gasteiger partial charge on any atom is -0.349 e. The summed E-state index contributed by atoms with van der Waals surface area (Å²) >= 11 is 0. The van der Waals surface area contributed by atoms with Crippen LogP contribution in [0, 0.1) is 0 Å². The molecule has 0 aromatic carbocycles. The van der Waals surface area contributed by atoms with E-state index in [-0.39, 0.29) is 11.9 Å². The molecule has 0 spiro atoms. The van der Waals surface area contributed by atoms with Gasteiger partial charge in [-0.2, -0.15) is 0 Å². The molecular formula is C12H19N3O.